The predicted molar refractivity (Wildman–Crippen MR) is 109 cm³/mol. The Kier molecular flexibility index (Phi) is 5.58. The van der Waals surface area contributed by atoms with Crippen molar-refractivity contribution in [2.24, 2.45) is 5.73 Å². The summed E-state index contributed by atoms with van der Waals surface area (Å²) in [7, 11) is 0. The average Bonchev–Trinajstić information content (AvgIpc) is 3.30. The molecule has 4 rings (SSSR count). The highest BCUT2D eigenvalue weighted by Gasteiger charge is 2.30. The first-order valence-corrected chi connectivity index (χ1v) is 9.54. The first-order valence-electron chi connectivity index (χ1n) is 8.34. The third-order valence-electron chi connectivity index (χ3n) is 4.72. The van der Waals surface area contributed by atoms with E-state index in [1.165, 1.54) is 11.3 Å². The molecule has 0 aliphatic carbocycles. The van der Waals surface area contributed by atoms with Gasteiger partial charge in [0.25, 0.3) is 5.91 Å². The summed E-state index contributed by atoms with van der Waals surface area (Å²) in [5.74, 6) is 0.0752. The summed E-state index contributed by atoms with van der Waals surface area (Å²) in [6, 6.07) is 9.68. The van der Waals surface area contributed by atoms with Gasteiger partial charge in [-0.2, -0.15) is 5.10 Å². The maximum Gasteiger partial charge on any atom is 0.264 e. The number of carbonyl (C=O) groups excluding carboxylic acids is 1. The third kappa shape index (κ3) is 3.22. The predicted octanol–water partition coefficient (Wildman–Crippen LogP) is 4.03. The number of hydrogen-bond donors (Lipinski definition) is 1. The fraction of sp³-hybridized carbons (Fsp3) is 0.333. The van der Waals surface area contributed by atoms with E-state index in [2.05, 4.69) is 5.10 Å². The van der Waals surface area contributed by atoms with Crippen LogP contribution in [0.5, 0.6) is 0 Å². The number of benzene rings is 1. The molecule has 1 unspecified atom stereocenters. The van der Waals surface area contributed by atoms with Crippen LogP contribution >= 0.6 is 35.3 Å². The Labute approximate surface area is 167 Å². The normalized spacial score (nSPS) is 16.9. The van der Waals surface area contributed by atoms with Gasteiger partial charge in [0.05, 0.1) is 16.3 Å². The molecule has 1 atom stereocenters. The van der Waals surface area contributed by atoms with Gasteiger partial charge in [0, 0.05) is 29.5 Å². The summed E-state index contributed by atoms with van der Waals surface area (Å²) < 4.78 is 1.86. The minimum Gasteiger partial charge on any atom is -0.334 e. The van der Waals surface area contributed by atoms with Gasteiger partial charge < -0.3 is 10.6 Å². The van der Waals surface area contributed by atoms with Gasteiger partial charge >= 0.3 is 0 Å². The number of aryl methyl sites for hydroxylation is 1. The molecule has 2 aromatic heterocycles. The number of carbonyl (C=O) groups is 1. The quantitative estimate of drug-likeness (QED) is 0.708. The van der Waals surface area contributed by atoms with Crippen LogP contribution in [0.1, 0.15) is 28.2 Å². The molecule has 2 N–H and O–H groups in total. The highest BCUT2D eigenvalue weighted by molar-refractivity contribution is 7.20. The van der Waals surface area contributed by atoms with Gasteiger partial charge in [-0.1, -0.05) is 17.7 Å². The van der Waals surface area contributed by atoms with Crippen molar-refractivity contribution in [1.29, 1.82) is 0 Å². The summed E-state index contributed by atoms with van der Waals surface area (Å²) in [5, 5.41) is 6.29. The maximum atomic E-state index is 12.9. The lowest BCUT2D eigenvalue weighted by molar-refractivity contribution is 0.0746. The smallest absolute Gasteiger partial charge is 0.264 e. The molecule has 0 bridgehead atoms. The number of halogens is 2. The van der Waals surface area contributed by atoms with Gasteiger partial charge in [0.1, 0.15) is 4.83 Å². The molecule has 3 heterocycles. The highest BCUT2D eigenvalue weighted by Crippen LogP contribution is 2.32. The second kappa shape index (κ2) is 7.56. The lowest BCUT2D eigenvalue weighted by Gasteiger charge is -2.22. The first kappa shape index (κ1) is 19.2. The lowest BCUT2D eigenvalue weighted by atomic mass is 10.2. The number of fused-ring (bicyclic) bond motifs is 1. The fourth-order valence-electron chi connectivity index (χ4n) is 3.43. The summed E-state index contributed by atoms with van der Waals surface area (Å²) in [4.78, 5) is 16.5. The standard InChI is InChI=1S/C18H19ClN4OS.ClH/c1-11-15-9-16(17(24)22-7-3-6-14(22)10-20)25-18(15)23(21-11)13-5-2-4-12(19)8-13;/h2,4-5,8-9,14H,3,6-7,10,20H2,1H3;1H. The van der Waals surface area contributed by atoms with Crippen LogP contribution in [0.3, 0.4) is 0 Å². The first-order chi connectivity index (χ1) is 12.1. The van der Waals surface area contributed by atoms with Gasteiger partial charge in [-0.05, 0) is 44.0 Å². The fourth-order valence-corrected chi connectivity index (χ4v) is 4.75. The summed E-state index contributed by atoms with van der Waals surface area (Å²) in [6.07, 6.45) is 2.01. The monoisotopic (exact) mass is 410 g/mol. The SMILES string of the molecule is Cc1nn(-c2cccc(Cl)c2)c2sc(C(=O)N3CCCC3CN)cc12.Cl. The Morgan fingerprint density at radius 1 is 1.42 bits per heavy atom. The Morgan fingerprint density at radius 3 is 2.96 bits per heavy atom. The molecule has 8 heteroatoms. The molecular formula is C18H20Cl2N4OS. The molecule has 1 amide bonds. The van der Waals surface area contributed by atoms with Gasteiger partial charge in [-0.3, -0.25) is 4.79 Å². The number of hydrogen-bond acceptors (Lipinski definition) is 4. The molecule has 1 fully saturated rings. The van der Waals surface area contributed by atoms with Crippen molar-refractivity contribution in [1.82, 2.24) is 14.7 Å². The van der Waals surface area contributed by atoms with Crippen molar-refractivity contribution in [2.45, 2.75) is 25.8 Å². The zero-order valence-electron chi connectivity index (χ0n) is 14.3. The number of rotatable bonds is 3. The molecule has 1 aromatic carbocycles. The van der Waals surface area contributed by atoms with Gasteiger partial charge in [0.2, 0.25) is 0 Å². The molecule has 1 aliphatic rings. The largest absolute Gasteiger partial charge is 0.334 e. The van der Waals surface area contributed by atoms with Crippen LogP contribution in [0, 0.1) is 6.92 Å². The molecule has 0 saturated carbocycles. The lowest BCUT2D eigenvalue weighted by Crippen LogP contribution is -2.39. The minimum atomic E-state index is 0. The van der Waals surface area contributed by atoms with Crippen LogP contribution in [0.25, 0.3) is 15.9 Å². The van der Waals surface area contributed by atoms with Gasteiger partial charge in [-0.15, -0.1) is 23.7 Å². The van der Waals surface area contributed by atoms with Crippen LogP contribution in [0.2, 0.25) is 5.02 Å². The van der Waals surface area contributed by atoms with E-state index in [9.17, 15) is 4.79 Å². The van der Waals surface area contributed by atoms with Crippen LogP contribution in [0.4, 0.5) is 0 Å². The zero-order valence-corrected chi connectivity index (χ0v) is 16.7. The number of nitrogens with two attached hydrogens (primary N) is 1. The van der Waals surface area contributed by atoms with Crippen molar-refractivity contribution in [3.05, 3.63) is 45.9 Å². The van der Waals surface area contributed by atoms with Crippen molar-refractivity contribution < 1.29 is 4.79 Å². The number of amides is 1. The zero-order chi connectivity index (χ0) is 17.6. The van der Waals surface area contributed by atoms with E-state index in [1.54, 1.807) is 0 Å². The molecule has 3 aromatic rings. The Balaban J connectivity index is 0.00000196. The number of thiophene rings is 1. The Morgan fingerprint density at radius 2 is 2.23 bits per heavy atom. The topological polar surface area (TPSA) is 64.2 Å². The number of likely N-dealkylation sites (tertiary alicyclic amines) is 1. The van der Waals surface area contributed by atoms with Crippen molar-refractivity contribution in [2.75, 3.05) is 13.1 Å². The number of nitrogens with zero attached hydrogens (tertiary/aromatic N) is 3. The Hall–Kier alpha value is -1.60. The highest BCUT2D eigenvalue weighted by atomic mass is 35.5. The van der Waals surface area contributed by atoms with Gasteiger partial charge in [-0.25, -0.2) is 4.68 Å². The van der Waals surface area contributed by atoms with Crippen molar-refractivity contribution >= 4 is 51.5 Å². The van der Waals surface area contributed by atoms with E-state index < -0.39 is 0 Å². The summed E-state index contributed by atoms with van der Waals surface area (Å²) in [5.41, 5.74) is 7.62. The maximum absolute atomic E-state index is 12.9. The molecule has 26 heavy (non-hydrogen) atoms. The molecule has 0 spiro atoms. The molecule has 0 radical (unpaired) electrons. The number of aromatic nitrogens is 2. The Bertz CT molecular complexity index is 952. The second-order valence-electron chi connectivity index (χ2n) is 6.34. The molecule has 1 aliphatic heterocycles. The van der Waals surface area contributed by atoms with E-state index in [0.717, 1.165) is 45.9 Å². The van der Waals surface area contributed by atoms with E-state index in [1.807, 2.05) is 46.8 Å². The van der Waals surface area contributed by atoms with Crippen LogP contribution in [0.15, 0.2) is 30.3 Å². The molecule has 138 valence electrons. The van der Waals surface area contributed by atoms with Crippen LogP contribution < -0.4 is 5.73 Å². The van der Waals surface area contributed by atoms with Crippen molar-refractivity contribution in [3.63, 3.8) is 0 Å². The average molecular weight is 411 g/mol. The minimum absolute atomic E-state index is 0. The molecule has 1 saturated heterocycles. The molecular weight excluding hydrogens is 391 g/mol. The van der Waals surface area contributed by atoms with Crippen LogP contribution in [-0.2, 0) is 0 Å². The summed E-state index contributed by atoms with van der Waals surface area (Å²) >= 11 is 7.59. The van der Waals surface area contributed by atoms with E-state index in [0.29, 0.717) is 11.6 Å². The van der Waals surface area contributed by atoms with E-state index in [-0.39, 0.29) is 24.4 Å². The van der Waals surface area contributed by atoms with E-state index in [4.69, 9.17) is 17.3 Å². The second-order valence-corrected chi connectivity index (χ2v) is 7.80. The summed E-state index contributed by atoms with van der Waals surface area (Å²) in [6.45, 7) is 3.27. The van der Waals surface area contributed by atoms with Gasteiger partial charge in [0.15, 0.2) is 0 Å². The van der Waals surface area contributed by atoms with E-state index >= 15 is 0 Å². The third-order valence-corrected chi connectivity index (χ3v) is 6.05. The molecule has 5 nitrogen and oxygen atoms in total. The van der Waals surface area contributed by atoms with Crippen molar-refractivity contribution in [3.8, 4) is 5.69 Å². The van der Waals surface area contributed by atoms with Crippen LogP contribution in [-0.4, -0.2) is 39.7 Å².